The number of rotatable bonds is 3. The van der Waals surface area contributed by atoms with Crippen LogP contribution in [0.15, 0.2) is 18.2 Å². The Morgan fingerprint density at radius 1 is 1.32 bits per heavy atom. The molecule has 120 valence electrons. The summed E-state index contributed by atoms with van der Waals surface area (Å²) in [6.45, 7) is 3.07. The third-order valence-corrected chi connectivity index (χ3v) is 6.52. The molecule has 22 heavy (non-hydrogen) atoms. The van der Waals surface area contributed by atoms with E-state index in [-0.39, 0.29) is 0 Å². The van der Waals surface area contributed by atoms with Crippen LogP contribution in [0.25, 0.3) is 0 Å². The van der Waals surface area contributed by atoms with Gasteiger partial charge in [0.1, 0.15) is 5.75 Å². The van der Waals surface area contributed by atoms with Gasteiger partial charge in [0, 0.05) is 25.1 Å². The van der Waals surface area contributed by atoms with Crippen LogP contribution >= 0.6 is 0 Å². The summed E-state index contributed by atoms with van der Waals surface area (Å²) >= 11 is 0. The number of fused-ring (bicyclic) bond motifs is 1. The zero-order valence-corrected chi connectivity index (χ0v) is 13.6. The molecule has 1 heterocycles. The van der Waals surface area contributed by atoms with Crippen molar-refractivity contribution in [2.75, 3.05) is 26.8 Å². The molecule has 1 aliphatic heterocycles. The molecular weight excluding hydrogens is 274 g/mol. The fourth-order valence-electron chi connectivity index (χ4n) is 5.56. The van der Waals surface area contributed by atoms with Crippen LogP contribution in [0.4, 0.5) is 0 Å². The molecule has 4 rings (SSSR count). The quantitative estimate of drug-likeness (QED) is 0.931. The Labute approximate surface area is 133 Å². The summed E-state index contributed by atoms with van der Waals surface area (Å²) in [4.78, 5) is 2.67. The number of aromatic hydroxyl groups is 1. The lowest BCUT2D eigenvalue weighted by Crippen LogP contribution is -2.61. The molecule has 3 atom stereocenters. The summed E-state index contributed by atoms with van der Waals surface area (Å²) in [5.41, 5.74) is 3.28. The Bertz CT molecular complexity index is 558. The third-order valence-electron chi connectivity index (χ3n) is 6.52. The Morgan fingerprint density at radius 3 is 3.09 bits per heavy atom. The summed E-state index contributed by atoms with van der Waals surface area (Å²) in [6, 6.07) is 6.79. The number of benzene rings is 1. The molecule has 1 N–H and O–H groups in total. The first-order valence-corrected chi connectivity index (χ1v) is 8.80. The smallest absolute Gasteiger partial charge is 0.115 e. The van der Waals surface area contributed by atoms with Gasteiger partial charge in [-0.25, -0.2) is 0 Å². The summed E-state index contributed by atoms with van der Waals surface area (Å²) < 4.78 is 5.33. The Hall–Kier alpha value is -1.06. The maximum atomic E-state index is 10.0. The predicted octanol–water partition coefficient (Wildman–Crippen LogP) is 3.10. The van der Waals surface area contributed by atoms with Crippen molar-refractivity contribution in [3.8, 4) is 5.75 Å². The van der Waals surface area contributed by atoms with Gasteiger partial charge in [-0.05, 0) is 61.4 Å². The molecule has 3 heteroatoms. The zero-order valence-electron chi connectivity index (χ0n) is 13.6. The van der Waals surface area contributed by atoms with E-state index in [0.717, 1.165) is 25.5 Å². The highest BCUT2D eigenvalue weighted by atomic mass is 16.5. The number of hydrogen-bond acceptors (Lipinski definition) is 3. The molecule has 1 unspecified atom stereocenters. The predicted molar refractivity (Wildman–Crippen MR) is 87.3 cm³/mol. The highest BCUT2D eigenvalue weighted by Crippen LogP contribution is 2.56. The van der Waals surface area contributed by atoms with Crippen LogP contribution in [0.1, 0.15) is 43.2 Å². The molecule has 1 aromatic rings. The monoisotopic (exact) mass is 301 g/mol. The number of methoxy groups -OCH3 is 1. The highest BCUT2D eigenvalue weighted by molar-refractivity contribution is 5.45. The number of ether oxygens (including phenoxy) is 1. The van der Waals surface area contributed by atoms with Crippen molar-refractivity contribution >= 4 is 0 Å². The molecular formula is C19H27NO2. The molecule has 1 saturated heterocycles. The van der Waals surface area contributed by atoms with Crippen LogP contribution in [0.3, 0.4) is 0 Å². The average Bonchev–Trinajstić information content (AvgIpc) is 2.55. The van der Waals surface area contributed by atoms with Crippen molar-refractivity contribution in [3.05, 3.63) is 29.3 Å². The molecule has 3 nitrogen and oxygen atoms in total. The molecule has 0 spiro atoms. The second-order valence-electron chi connectivity index (χ2n) is 7.40. The van der Waals surface area contributed by atoms with Gasteiger partial charge in [-0.15, -0.1) is 0 Å². The fraction of sp³-hybridized carbons (Fsp3) is 0.684. The largest absolute Gasteiger partial charge is 0.508 e. The third kappa shape index (κ3) is 2.10. The van der Waals surface area contributed by atoms with Crippen molar-refractivity contribution in [1.82, 2.24) is 4.90 Å². The number of phenolic OH excluding ortho intramolecular Hbond substituents is 1. The second kappa shape index (κ2) is 5.54. The minimum absolute atomic E-state index is 0.332. The van der Waals surface area contributed by atoms with Crippen LogP contribution < -0.4 is 0 Å². The minimum atomic E-state index is 0.332. The van der Waals surface area contributed by atoms with E-state index in [1.807, 2.05) is 6.07 Å². The molecule has 0 amide bonds. The SMILES string of the molecule is COCCN1CCC23CCCC[C@H]2[C@@H]1Cc1ccc(O)cc13. The number of phenols is 1. The van der Waals surface area contributed by atoms with E-state index in [1.54, 1.807) is 7.11 Å². The van der Waals surface area contributed by atoms with Crippen molar-refractivity contribution in [1.29, 1.82) is 0 Å². The van der Waals surface area contributed by atoms with Crippen LogP contribution in [-0.4, -0.2) is 42.9 Å². The molecule has 3 aliphatic rings. The van der Waals surface area contributed by atoms with Gasteiger partial charge >= 0.3 is 0 Å². The Morgan fingerprint density at radius 2 is 2.23 bits per heavy atom. The van der Waals surface area contributed by atoms with E-state index in [4.69, 9.17) is 4.74 Å². The number of nitrogens with zero attached hydrogens (tertiary/aromatic N) is 1. The standard InChI is InChI=1S/C19H27NO2/c1-22-11-10-20-9-8-19-7-3-2-4-16(19)18(20)12-14-5-6-15(21)13-17(14)19/h5-6,13,16,18,21H,2-4,7-12H2,1H3/t16-,18-,19?/m0/s1. The highest BCUT2D eigenvalue weighted by Gasteiger charge is 2.53. The van der Waals surface area contributed by atoms with Crippen LogP contribution in [-0.2, 0) is 16.6 Å². The lowest BCUT2D eigenvalue weighted by atomic mass is 9.52. The Kier molecular flexibility index (Phi) is 3.66. The maximum absolute atomic E-state index is 10.0. The van der Waals surface area contributed by atoms with Gasteiger partial charge in [-0.3, -0.25) is 4.90 Å². The number of hydrogen-bond donors (Lipinski definition) is 1. The molecule has 0 radical (unpaired) electrons. The Balaban J connectivity index is 1.75. The number of piperidine rings is 1. The molecule has 2 fully saturated rings. The molecule has 2 bridgehead atoms. The van der Waals surface area contributed by atoms with E-state index < -0.39 is 0 Å². The van der Waals surface area contributed by atoms with Crippen molar-refractivity contribution in [2.45, 2.75) is 50.0 Å². The first-order chi connectivity index (χ1) is 10.7. The second-order valence-corrected chi connectivity index (χ2v) is 7.40. The van der Waals surface area contributed by atoms with Gasteiger partial charge in [-0.2, -0.15) is 0 Å². The average molecular weight is 301 g/mol. The van der Waals surface area contributed by atoms with E-state index in [9.17, 15) is 5.11 Å². The van der Waals surface area contributed by atoms with E-state index in [0.29, 0.717) is 17.2 Å². The summed E-state index contributed by atoms with van der Waals surface area (Å²) in [7, 11) is 1.80. The van der Waals surface area contributed by atoms with Gasteiger partial charge in [0.15, 0.2) is 0 Å². The first kappa shape index (κ1) is 14.5. The van der Waals surface area contributed by atoms with Gasteiger partial charge < -0.3 is 9.84 Å². The fourth-order valence-corrected chi connectivity index (χ4v) is 5.56. The number of likely N-dealkylation sites (tertiary alicyclic amines) is 1. The first-order valence-electron chi connectivity index (χ1n) is 8.80. The van der Waals surface area contributed by atoms with E-state index >= 15 is 0 Å². The summed E-state index contributed by atoms with van der Waals surface area (Å²) in [5.74, 6) is 1.21. The summed E-state index contributed by atoms with van der Waals surface area (Å²) in [6.07, 6.45) is 7.76. The lowest BCUT2D eigenvalue weighted by molar-refractivity contribution is -0.0206. The molecule has 1 saturated carbocycles. The zero-order chi connectivity index (χ0) is 15.2. The van der Waals surface area contributed by atoms with Gasteiger partial charge in [0.05, 0.1) is 6.61 Å². The van der Waals surface area contributed by atoms with Gasteiger partial charge in [-0.1, -0.05) is 18.9 Å². The normalized spacial score (nSPS) is 34.0. The van der Waals surface area contributed by atoms with Crippen LogP contribution in [0, 0.1) is 5.92 Å². The van der Waals surface area contributed by atoms with Crippen molar-refractivity contribution in [3.63, 3.8) is 0 Å². The van der Waals surface area contributed by atoms with Crippen molar-refractivity contribution in [2.24, 2.45) is 5.92 Å². The topological polar surface area (TPSA) is 32.7 Å². The van der Waals surface area contributed by atoms with E-state index in [1.165, 1.54) is 49.8 Å². The van der Waals surface area contributed by atoms with Gasteiger partial charge in [0.2, 0.25) is 0 Å². The van der Waals surface area contributed by atoms with E-state index in [2.05, 4.69) is 17.0 Å². The maximum Gasteiger partial charge on any atom is 0.115 e. The van der Waals surface area contributed by atoms with Gasteiger partial charge in [0.25, 0.3) is 0 Å². The molecule has 0 aromatic heterocycles. The van der Waals surface area contributed by atoms with Crippen molar-refractivity contribution < 1.29 is 9.84 Å². The van der Waals surface area contributed by atoms with Crippen LogP contribution in [0.5, 0.6) is 5.75 Å². The summed E-state index contributed by atoms with van der Waals surface area (Å²) in [5, 5.41) is 10.0. The minimum Gasteiger partial charge on any atom is -0.508 e. The molecule has 1 aromatic carbocycles. The lowest BCUT2D eigenvalue weighted by Gasteiger charge is -2.59. The molecule has 2 aliphatic carbocycles. The van der Waals surface area contributed by atoms with Crippen LogP contribution in [0.2, 0.25) is 0 Å².